The minimum Gasteiger partial charge on any atom is -0.456 e. The molecule has 24 heavy (non-hydrogen) atoms. The van der Waals surface area contributed by atoms with E-state index in [1.807, 2.05) is 0 Å². The van der Waals surface area contributed by atoms with Gasteiger partial charge < -0.3 is 9.22 Å². The number of halogens is 6. The predicted molar refractivity (Wildman–Crippen MR) is 72.8 cm³/mol. The van der Waals surface area contributed by atoms with E-state index in [2.05, 4.69) is 27.7 Å². The normalized spacial score (nSPS) is 12.9. The number of ether oxygens (including phenoxy) is 1. The fraction of sp³-hybridized carbons (Fsp3) is 0.727. The predicted octanol–water partition coefficient (Wildman–Crippen LogP) is 1.76. The Labute approximate surface area is 135 Å². The molecule has 0 aromatic carbocycles. The number of esters is 1. The Bertz CT molecular complexity index is 534. The largest absolute Gasteiger partial charge is 0.511 e. The molecule has 1 N–H and O–H groups in total. The monoisotopic (exact) mass is 389 g/mol. The van der Waals surface area contributed by atoms with Crippen LogP contribution in [-0.2, 0) is 19.6 Å². The highest BCUT2D eigenvalue weighted by Crippen LogP contribution is 2.25. The molecule has 0 heterocycles. The number of hydrogen-bond acceptors (Lipinski definition) is 4. The van der Waals surface area contributed by atoms with E-state index in [-0.39, 0.29) is 5.97 Å². The van der Waals surface area contributed by atoms with Gasteiger partial charge in [-0.1, -0.05) is 6.58 Å². The number of carbonyl (C=O) groups excluding carboxylic acids is 1. The van der Waals surface area contributed by atoms with Crippen LogP contribution in [-0.4, -0.2) is 65.0 Å². The van der Waals surface area contributed by atoms with Crippen LogP contribution in [0.15, 0.2) is 12.2 Å². The molecule has 0 spiro atoms. The van der Waals surface area contributed by atoms with Gasteiger partial charge in [-0.2, -0.15) is 26.3 Å². The molecule has 0 aliphatic rings. The number of likely N-dealkylation sites (N-methyl/N-ethyl adjacent to an activating group) is 1. The Morgan fingerprint density at radius 3 is 1.75 bits per heavy atom. The summed E-state index contributed by atoms with van der Waals surface area (Å²) in [6, 6.07) is 0. The van der Waals surface area contributed by atoms with Crippen molar-refractivity contribution in [3.05, 3.63) is 12.2 Å². The number of nitrogens with one attached hydrogen (secondary N) is 1. The van der Waals surface area contributed by atoms with E-state index in [0.717, 1.165) is 11.0 Å². The number of quaternary nitrogens is 1. The van der Waals surface area contributed by atoms with Crippen molar-refractivity contribution in [3.8, 4) is 0 Å². The molecule has 0 aromatic heterocycles. The van der Waals surface area contributed by atoms with Crippen molar-refractivity contribution in [2.45, 2.75) is 18.7 Å². The van der Waals surface area contributed by atoms with Crippen LogP contribution in [0.25, 0.3) is 0 Å². The van der Waals surface area contributed by atoms with Crippen LogP contribution < -0.4 is 4.72 Å². The molecule has 0 fully saturated rings. The SMILES string of the molecule is C=C(C)C(=O)OCC[N+](C)(C)C.O=S(=O)(NC(F)(F)F)C(F)(F)F. The summed E-state index contributed by atoms with van der Waals surface area (Å²) in [5.74, 6) is -0.302. The summed E-state index contributed by atoms with van der Waals surface area (Å²) in [4.78, 5) is 10.9. The van der Waals surface area contributed by atoms with E-state index in [9.17, 15) is 39.6 Å². The molecule has 0 atom stereocenters. The van der Waals surface area contributed by atoms with Gasteiger partial charge in [-0.25, -0.2) is 13.2 Å². The second-order valence-electron chi connectivity index (χ2n) is 5.48. The molecule has 0 bridgehead atoms. The maximum absolute atomic E-state index is 11.2. The smallest absolute Gasteiger partial charge is 0.456 e. The van der Waals surface area contributed by atoms with Crippen molar-refractivity contribution >= 4 is 16.0 Å². The maximum Gasteiger partial charge on any atom is 0.511 e. The van der Waals surface area contributed by atoms with E-state index in [1.165, 1.54) is 0 Å². The highest BCUT2D eigenvalue weighted by molar-refractivity contribution is 7.90. The molecule has 0 radical (unpaired) electrons. The summed E-state index contributed by atoms with van der Waals surface area (Å²) in [7, 11) is -0.180. The molecule has 0 aromatic rings. The average Bonchev–Trinajstić information content (AvgIpc) is 2.22. The second kappa shape index (κ2) is 8.67. The van der Waals surface area contributed by atoms with Gasteiger partial charge in [0.05, 0.1) is 21.1 Å². The van der Waals surface area contributed by atoms with Crippen molar-refractivity contribution in [2.75, 3.05) is 34.3 Å². The first-order valence-corrected chi connectivity index (χ1v) is 7.57. The van der Waals surface area contributed by atoms with Gasteiger partial charge in [0, 0.05) is 5.57 Å². The lowest BCUT2D eigenvalue weighted by Gasteiger charge is -2.23. The summed E-state index contributed by atoms with van der Waals surface area (Å²) in [5.41, 5.74) is -5.50. The van der Waals surface area contributed by atoms with Crippen molar-refractivity contribution < 1.29 is 48.8 Å². The Morgan fingerprint density at radius 2 is 1.54 bits per heavy atom. The lowest BCUT2D eigenvalue weighted by molar-refractivity contribution is -0.870. The van der Waals surface area contributed by atoms with Crippen molar-refractivity contribution in [2.24, 2.45) is 0 Å². The van der Waals surface area contributed by atoms with Crippen molar-refractivity contribution in [3.63, 3.8) is 0 Å². The first-order chi connectivity index (χ1) is 10.3. The highest BCUT2D eigenvalue weighted by atomic mass is 32.2. The third kappa shape index (κ3) is 13.1. The van der Waals surface area contributed by atoms with E-state index in [4.69, 9.17) is 4.74 Å². The Hall–Kier alpha value is -1.34. The van der Waals surface area contributed by atoms with E-state index in [1.54, 1.807) is 6.92 Å². The molecule has 0 rings (SSSR count). The van der Waals surface area contributed by atoms with Crippen LogP contribution in [0.5, 0.6) is 0 Å². The molecule has 0 saturated carbocycles. The van der Waals surface area contributed by atoms with Gasteiger partial charge in [0.1, 0.15) is 13.2 Å². The molecule has 13 heteroatoms. The Kier molecular flexibility index (Phi) is 8.99. The third-order valence-electron chi connectivity index (χ3n) is 1.90. The van der Waals surface area contributed by atoms with Gasteiger partial charge in [0.2, 0.25) is 0 Å². The van der Waals surface area contributed by atoms with E-state index in [0.29, 0.717) is 12.2 Å². The molecular formula is C11H19F6N2O4S+. The minimum absolute atomic E-state index is 0.302. The average molecular weight is 389 g/mol. The van der Waals surface area contributed by atoms with E-state index < -0.39 is 26.6 Å². The number of nitrogens with zero attached hydrogens (tertiary/aromatic N) is 1. The highest BCUT2D eigenvalue weighted by Gasteiger charge is 2.51. The quantitative estimate of drug-likeness (QED) is 0.256. The summed E-state index contributed by atoms with van der Waals surface area (Å²) in [6.45, 7) is 6.41. The zero-order valence-electron chi connectivity index (χ0n) is 13.4. The molecular weight excluding hydrogens is 370 g/mol. The maximum atomic E-state index is 11.2. The lowest BCUT2D eigenvalue weighted by atomic mass is 10.4. The summed E-state index contributed by atoms with van der Waals surface area (Å²) >= 11 is 0. The Balaban J connectivity index is 0. The van der Waals surface area contributed by atoms with Crippen LogP contribution in [0.1, 0.15) is 6.92 Å². The standard InChI is InChI=1S/C9H18NO2.C2HF6NO2S/c1-8(2)9(11)12-7-6-10(3,4)5;3-1(4,5)9-12(10,11)2(6,7)8/h1,6-7H2,2-5H3;9H/q+1;. The molecule has 6 nitrogen and oxygen atoms in total. The van der Waals surface area contributed by atoms with Gasteiger partial charge >= 0.3 is 27.8 Å². The zero-order chi connectivity index (χ0) is 20.0. The number of sulfonamides is 1. The topological polar surface area (TPSA) is 72.5 Å². The van der Waals surface area contributed by atoms with Crippen LogP contribution in [0.4, 0.5) is 26.3 Å². The molecule has 0 amide bonds. The zero-order valence-corrected chi connectivity index (χ0v) is 14.2. The van der Waals surface area contributed by atoms with Crippen molar-refractivity contribution in [1.29, 1.82) is 0 Å². The molecule has 0 saturated heterocycles. The fourth-order valence-electron chi connectivity index (χ4n) is 0.746. The van der Waals surface area contributed by atoms with E-state index >= 15 is 0 Å². The minimum atomic E-state index is -6.33. The molecule has 0 aliphatic heterocycles. The lowest BCUT2D eigenvalue weighted by Crippen LogP contribution is -2.44. The van der Waals surface area contributed by atoms with Crippen LogP contribution in [0, 0.1) is 0 Å². The second-order valence-corrected chi connectivity index (χ2v) is 7.15. The molecule has 0 unspecified atom stereocenters. The van der Waals surface area contributed by atoms with Crippen molar-refractivity contribution in [1.82, 2.24) is 4.72 Å². The number of alkyl halides is 6. The third-order valence-corrected chi connectivity index (χ3v) is 3.01. The first kappa shape index (κ1) is 24.9. The van der Waals surface area contributed by atoms with Gasteiger partial charge in [-0.05, 0) is 6.92 Å². The molecule has 0 aliphatic carbocycles. The Morgan fingerprint density at radius 1 is 1.12 bits per heavy atom. The number of hydrogen-bond donors (Lipinski definition) is 1. The fourth-order valence-corrected chi connectivity index (χ4v) is 1.17. The molecule has 144 valence electrons. The van der Waals surface area contributed by atoms with Gasteiger partial charge in [0.25, 0.3) is 0 Å². The first-order valence-electron chi connectivity index (χ1n) is 6.08. The van der Waals surface area contributed by atoms with Crippen LogP contribution in [0.2, 0.25) is 0 Å². The van der Waals surface area contributed by atoms with Gasteiger partial charge in [-0.3, -0.25) is 0 Å². The van der Waals surface area contributed by atoms with Crippen LogP contribution in [0.3, 0.4) is 0 Å². The van der Waals surface area contributed by atoms with Gasteiger partial charge in [-0.15, -0.1) is 4.72 Å². The van der Waals surface area contributed by atoms with Gasteiger partial charge in [0.15, 0.2) is 0 Å². The summed E-state index contributed by atoms with van der Waals surface area (Å²) in [6.07, 6.45) is -5.62. The summed E-state index contributed by atoms with van der Waals surface area (Å²) < 4.78 is 91.5. The number of rotatable bonds is 5. The number of carbonyl (C=O) groups is 1. The summed E-state index contributed by atoms with van der Waals surface area (Å²) in [5, 5.41) is 0. The van der Waals surface area contributed by atoms with Crippen LogP contribution >= 0.6 is 0 Å².